The predicted molar refractivity (Wildman–Crippen MR) is 134 cm³/mol. The van der Waals surface area contributed by atoms with E-state index in [0.717, 1.165) is 22.3 Å². The molecule has 0 aliphatic heterocycles. The molecule has 3 aromatic rings. The highest BCUT2D eigenvalue weighted by atomic mass is 32.2. The van der Waals surface area contributed by atoms with Gasteiger partial charge in [0, 0.05) is 19.0 Å². The largest absolute Gasteiger partial charge is 0.476 e. The lowest BCUT2D eigenvalue weighted by molar-refractivity contribution is -0.118. The molecule has 1 aliphatic carbocycles. The van der Waals surface area contributed by atoms with Crippen molar-refractivity contribution in [3.8, 4) is 11.1 Å². The molecule has 9 nitrogen and oxygen atoms in total. The summed E-state index contributed by atoms with van der Waals surface area (Å²) >= 11 is 1.54. The van der Waals surface area contributed by atoms with Crippen LogP contribution in [0.2, 0.25) is 0 Å². The van der Waals surface area contributed by atoms with Gasteiger partial charge in [-0.05, 0) is 40.7 Å². The van der Waals surface area contributed by atoms with E-state index in [-0.39, 0.29) is 24.0 Å². The molecule has 182 valence electrons. The summed E-state index contributed by atoms with van der Waals surface area (Å²) in [6.45, 7) is 0.139. The van der Waals surface area contributed by atoms with Crippen molar-refractivity contribution < 1.29 is 24.2 Å². The van der Waals surface area contributed by atoms with E-state index in [4.69, 9.17) is 9.84 Å². The Bertz CT molecular complexity index is 1210. The summed E-state index contributed by atoms with van der Waals surface area (Å²) in [7, 11) is 1.53. The monoisotopic (exact) mass is 494 g/mol. The minimum atomic E-state index is -1.20. The van der Waals surface area contributed by atoms with E-state index in [2.05, 4.69) is 27.9 Å². The lowest BCUT2D eigenvalue weighted by atomic mass is 9.98. The number of aromatic carboxylic acids is 1. The number of rotatable bonds is 9. The van der Waals surface area contributed by atoms with Crippen LogP contribution in [0.15, 0.2) is 54.6 Å². The van der Waals surface area contributed by atoms with Crippen LogP contribution in [0.4, 0.5) is 10.6 Å². The van der Waals surface area contributed by atoms with Gasteiger partial charge in [-0.15, -0.1) is 0 Å². The van der Waals surface area contributed by atoms with Crippen LogP contribution < -0.4 is 10.6 Å². The van der Waals surface area contributed by atoms with Gasteiger partial charge in [-0.25, -0.2) is 9.59 Å². The molecule has 3 N–H and O–H groups in total. The number of anilines is 1. The average Bonchev–Trinajstić information content (AvgIpc) is 3.38. The second-order valence-electron chi connectivity index (χ2n) is 8.14. The molecule has 0 fully saturated rings. The van der Waals surface area contributed by atoms with Gasteiger partial charge in [0.05, 0.1) is 0 Å². The molecular formula is C25H26N4O5S. The standard InChI is InChI=1S/C25H26N4O5S/c1-29-22(13-21(28-29)24(31)32)27-23(30)20(11-12-35-2)26-25(33)34-14-19-17-9-5-3-7-15(17)16-8-4-6-10-18(16)19/h3-10,13,19-20H,11-12,14H2,1-2H3,(H,26,33)(H,27,30)(H,31,32). The van der Waals surface area contributed by atoms with Gasteiger partial charge in [-0.1, -0.05) is 48.5 Å². The third-order valence-corrected chi connectivity index (χ3v) is 6.56. The molecule has 0 radical (unpaired) electrons. The zero-order chi connectivity index (χ0) is 24.9. The Labute approximate surface area is 206 Å². The Morgan fingerprint density at radius 2 is 1.74 bits per heavy atom. The summed E-state index contributed by atoms with van der Waals surface area (Å²) in [6, 6.07) is 16.5. The van der Waals surface area contributed by atoms with Gasteiger partial charge in [-0.2, -0.15) is 16.9 Å². The number of carbonyl (C=O) groups is 3. The van der Waals surface area contributed by atoms with Crippen molar-refractivity contribution in [2.45, 2.75) is 18.4 Å². The first kappa shape index (κ1) is 24.3. The highest BCUT2D eigenvalue weighted by molar-refractivity contribution is 7.98. The van der Waals surface area contributed by atoms with Crippen LogP contribution in [0.25, 0.3) is 11.1 Å². The number of thioether (sulfide) groups is 1. The van der Waals surface area contributed by atoms with Crippen molar-refractivity contribution in [1.82, 2.24) is 15.1 Å². The molecular weight excluding hydrogens is 468 g/mol. The molecule has 10 heteroatoms. The lowest BCUT2D eigenvalue weighted by Crippen LogP contribution is -2.44. The van der Waals surface area contributed by atoms with Crippen LogP contribution in [-0.2, 0) is 16.6 Å². The van der Waals surface area contributed by atoms with Crippen LogP contribution in [0.5, 0.6) is 0 Å². The Balaban J connectivity index is 1.42. The van der Waals surface area contributed by atoms with Gasteiger partial charge in [0.1, 0.15) is 18.5 Å². The number of aryl methyl sites for hydroxylation is 1. The Morgan fingerprint density at radius 1 is 1.11 bits per heavy atom. The number of hydrogen-bond acceptors (Lipinski definition) is 6. The number of carboxylic acid groups (broad SMARTS) is 1. The van der Waals surface area contributed by atoms with Crippen molar-refractivity contribution in [3.63, 3.8) is 0 Å². The molecule has 1 aliphatic rings. The normalized spacial score (nSPS) is 13.0. The SMILES string of the molecule is CSCCC(NC(=O)OCC1c2ccccc2-c2ccccc21)C(=O)Nc1cc(C(=O)O)nn1C. The predicted octanol–water partition coefficient (Wildman–Crippen LogP) is 3.72. The number of aromatic nitrogens is 2. The van der Waals surface area contributed by atoms with Crippen LogP contribution >= 0.6 is 11.8 Å². The fourth-order valence-electron chi connectivity index (χ4n) is 4.19. The Kier molecular flexibility index (Phi) is 7.40. The molecule has 1 atom stereocenters. The Morgan fingerprint density at radius 3 is 2.31 bits per heavy atom. The smallest absolute Gasteiger partial charge is 0.407 e. The second-order valence-corrected chi connectivity index (χ2v) is 9.12. The number of benzene rings is 2. The van der Waals surface area contributed by atoms with Crippen molar-refractivity contribution in [3.05, 3.63) is 71.4 Å². The number of carboxylic acids is 1. The summed E-state index contributed by atoms with van der Waals surface area (Å²) in [6.07, 6.45) is 1.59. The first-order valence-electron chi connectivity index (χ1n) is 11.1. The zero-order valence-corrected chi connectivity index (χ0v) is 20.2. The third-order valence-electron chi connectivity index (χ3n) is 5.91. The summed E-state index contributed by atoms with van der Waals surface area (Å²) in [5.41, 5.74) is 4.28. The van der Waals surface area contributed by atoms with Gasteiger partial charge in [0.2, 0.25) is 5.91 Å². The van der Waals surface area contributed by atoms with Crippen molar-refractivity contribution in [1.29, 1.82) is 0 Å². The zero-order valence-electron chi connectivity index (χ0n) is 19.4. The maximum atomic E-state index is 12.9. The summed E-state index contributed by atoms with van der Waals surface area (Å²) in [5, 5.41) is 18.3. The first-order chi connectivity index (χ1) is 16.9. The van der Waals surface area contributed by atoms with Crippen LogP contribution in [0.1, 0.15) is 34.0 Å². The molecule has 2 amide bonds. The molecule has 1 aromatic heterocycles. The minimum absolute atomic E-state index is 0.0875. The van der Waals surface area contributed by atoms with Crippen LogP contribution in [0.3, 0.4) is 0 Å². The summed E-state index contributed by atoms with van der Waals surface area (Å²) < 4.78 is 6.84. The van der Waals surface area contributed by atoms with Crippen molar-refractivity contribution in [2.75, 3.05) is 23.9 Å². The topological polar surface area (TPSA) is 123 Å². The number of ether oxygens (including phenoxy) is 1. The van der Waals surface area contributed by atoms with Crippen molar-refractivity contribution >= 4 is 35.5 Å². The molecule has 1 unspecified atom stereocenters. The molecule has 2 aromatic carbocycles. The Hall–Kier alpha value is -3.79. The summed E-state index contributed by atoms with van der Waals surface area (Å²) in [5.74, 6) is -0.913. The fourth-order valence-corrected chi connectivity index (χ4v) is 4.66. The van der Waals surface area contributed by atoms with Crippen LogP contribution in [-0.4, -0.2) is 57.5 Å². The quantitative estimate of drug-likeness (QED) is 0.414. The molecule has 0 saturated carbocycles. The number of amides is 2. The molecule has 35 heavy (non-hydrogen) atoms. The van der Waals surface area contributed by atoms with E-state index in [0.29, 0.717) is 12.2 Å². The average molecular weight is 495 g/mol. The number of nitrogens with one attached hydrogen (secondary N) is 2. The van der Waals surface area contributed by atoms with E-state index in [1.165, 1.54) is 17.8 Å². The first-order valence-corrected chi connectivity index (χ1v) is 12.5. The highest BCUT2D eigenvalue weighted by Gasteiger charge is 2.30. The number of carbonyl (C=O) groups excluding carboxylic acids is 2. The van der Waals surface area contributed by atoms with E-state index in [9.17, 15) is 14.4 Å². The minimum Gasteiger partial charge on any atom is -0.476 e. The molecule has 0 spiro atoms. The number of hydrogen-bond donors (Lipinski definition) is 3. The van der Waals surface area contributed by atoms with E-state index in [1.54, 1.807) is 11.8 Å². The molecule has 4 rings (SSSR count). The molecule has 0 saturated heterocycles. The van der Waals surface area contributed by atoms with Gasteiger partial charge in [0.25, 0.3) is 0 Å². The van der Waals surface area contributed by atoms with E-state index >= 15 is 0 Å². The third kappa shape index (κ3) is 5.32. The molecule has 0 bridgehead atoms. The number of fused-ring (bicyclic) bond motifs is 3. The maximum absolute atomic E-state index is 12.9. The van der Waals surface area contributed by atoms with Gasteiger partial charge in [-0.3, -0.25) is 9.48 Å². The van der Waals surface area contributed by atoms with Crippen molar-refractivity contribution in [2.24, 2.45) is 7.05 Å². The molecule has 1 heterocycles. The van der Waals surface area contributed by atoms with E-state index < -0.39 is 24.0 Å². The fraction of sp³-hybridized carbons (Fsp3) is 0.280. The van der Waals surface area contributed by atoms with Gasteiger partial charge >= 0.3 is 12.1 Å². The van der Waals surface area contributed by atoms with E-state index in [1.807, 2.05) is 42.7 Å². The number of alkyl carbamates (subject to hydrolysis) is 1. The van der Waals surface area contributed by atoms with Gasteiger partial charge in [0.15, 0.2) is 5.69 Å². The summed E-state index contributed by atoms with van der Waals surface area (Å²) in [4.78, 5) is 36.7. The van der Waals surface area contributed by atoms with Gasteiger partial charge < -0.3 is 20.5 Å². The maximum Gasteiger partial charge on any atom is 0.407 e. The second kappa shape index (κ2) is 10.6. The number of nitrogens with zero attached hydrogens (tertiary/aromatic N) is 2. The highest BCUT2D eigenvalue weighted by Crippen LogP contribution is 2.44. The lowest BCUT2D eigenvalue weighted by Gasteiger charge is -2.19. The van der Waals surface area contributed by atoms with Crippen LogP contribution in [0, 0.1) is 0 Å².